The Labute approximate surface area is 198 Å². The Morgan fingerprint density at radius 2 is 1.85 bits per heavy atom. The number of aliphatic hydroxyl groups is 1. The lowest BCUT2D eigenvalue weighted by Gasteiger charge is -2.31. The van der Waals surface area contributed by atoms with Gasteiger partial charge < -0.3 is 20.3 Å². The number of hydrogen-bond acceptors (Lipinski definition) is 4. The molecule has 0 aliphatic heterocycles. The molecule has 180 valence electrons. The number of aryl methyl sites for hydroxylation is 2. The van der Waals surface area contributed by atoms with E-state index in [-0.39, 0.29) is 24.7 Å². The molecule has 0 aromatic heterocycles. The monoisotopic (exact) mass is 453 g/mol. The number of ether oxygens (including phenoxy) is 1. The molecule has 0 spiro atoms. The largest absolute Gasteiger partial charge is 0.481 e. The normalized spacial score (nSPS) is 15.9. The van der Waals surface area contributed by atoms with Gasteiger partial charge in [0.1, 0.15) is 0 Å². The third-order valence-corrected chi connectivity index (χ3v) is 6.64. The van der Waals surface area contributed by atoms with Gasteiger partial charge in [0.2, 0.25) is 0 Å². The quantitative estimate of drug-likeness (QED) is 0.437. The van der Waals surface area contributed by atoms with Gasteiger partial charge in [-0.2, -0.15) is 0 Å². The first-order valence-electron chi connectivity index (χ1n) is 12.1. The smallest absolute Gasteiger partial charge is 0.303 e. The number of fused-ring (bicyclic) bond motifs is 1. The van der Waals surface area contributed by atoms with Gasteiger partial charge in [0.05, 0.1) is 18.8 Å². The third-order valence-electron chi connectivity index (χ3n) is 6.64. The lowest BCUT2D eigenvalue weighted by Crippen LogP contribution is -2.45. The van der Waals surface area contributed by atoms with Gasteiger partial charge in [-0.25, -0.2) is 0 Å². The maximum atomic E-state index is 11.0. The summed E-state index contributed by atoms with van der Waals surface area (Å²) in [5.41, 5.74) is 5.97. The number of carbonyl (C=O) groups is 1. The molecule has 1 aliphatic carbocycles. The van der Waals surface area contributed by atoms with Crippen LogP contribution >= 0.6 is 0 Å². The van der Waals surface area contributed by atoms with E-state index in [0.29, 0.717) is 18.9 Å². The summed E-state index contributed by atoms with van der Waals surface area (Å²) in [6.45, 7) is 9.08. The number of benzene rings is 2. The molecule has 1 aliphatic rings. The zero-order chi connectivity index (χ0) is 24.0. The van der Waals surface area contributed by atoms with E-state index in [0.717, 1.165) is 36.0 Å². The van der Waals surface area contributed by atoms with Crippen LogP contribution in [0.1, 0.15) is 67.5 Å². The van der Waals surface area contributed by atoms with Gasteiger partial charge in [-0.15, -0.1) is 0 Å². The highest BCUT2D eigenvalue weighted by Gasteiger charge is 2.28. The lowest BCUT2D eigenvalue weighted by molar-refractivity contribution is -0.136. The van der Waals surface area contributed by atoms with Crippen molar-refractivity contribution in [3.63, 3.8) is 0 Å². The molecule has 3 N–H and O–H groups in total. The molecule has 0 fully saturated rings. The number of aliphatic hydroxyl groups excluding tert-OH is 1. The summed E-state index contributed by atoms with van der Waals surface area (Å²) in [7, 11) is 0. The number of carboxylic acids is 1. The molecule has 2 aromatic rings. The predicted octanol–water partition coefficient (Wildman–Crippen LogP) is 4.62. The molecule has 2 atom stereocenters. The SMILES string of the molecule is Cc1ccc(CCC(=O)O)c(C(C)OC[C@H](O)CNC(C)(C)CC2Cc3ccccc3C2)c1. The first kappa shape index (κ1) is 25.4. The minimum absolute atomic E-state index is 0.0696. The first-order chi connectivity index (χ1) is 15.6. The Bertz CT molecular complexity index is 914. The van der Waals surface area contributed by atoms with Crippen molar-refractivity contribution in [1.82, 2.24) is 5.32 Å². The molecule has 0 radical (unpaired) electrons. The fourth-order valence-electron chi connectivity index (χ4n) is 4.95. The second-order valence-electron chi connectivity index (χ2n) is 10.2. The van der Waals surface area contributed by atoms with Gasteiger partial charge in [-0.1, -0.05) is 48.0 Å². The molecule has 0 amide bonds. The Kier molecular flexibility index (Phi) is 8.69. The van der Waals surface area contributed by atoms with Crippen molar-refractivity contribution < 1.29 is 19.7 Å². The number of carboxylic acid groups (broad SMARTS) is 1. The highest BCUT2D eigenvalue weighted by Crippen LogP contribution is 2.32. The van der Waals surface area contributed by atoms with Crippen LogP contribution in [0.15, 0.2) is 42.5 Å². The summed E-state index contributed by atoms with van der Waals surface area (Å²) in [5, 5.41) is 23.1. The number of β-amino-alcohol motifs (C(OH)–C–C–N with tert-alkyl or cyclic N) is 1. The number of hydrogen-bond donors (Lipinski definition) is 3. The Hall–Kier alpha value is -2.21. The second kappa shape index (κ2) is 11.3. The molecule has 5 heteroatoms. The van der Waals surface area contributed by atoms with Gasteiger partial charge in [0, 0.05) is 18.5 Å². The summed E-state index contributed by atoms with van der Waals surface area (Å²) >= 11 is 0. The second-order valence-corrected chi connectivity index (χ2v) is 10.2. The first-order valence-corrected chi connectivity index (χ1v) is 12.1. The number of nitrogens with one attached hydrogen (secondary N) is 1. The fraction of sp³-hybridized carbons (Fsp3) is 0.536. The summed E-state index contributed by atoms with van der Waals surface area (Å²) in [5.74, 6) is -0.176. The third kappa shape index (κ3) is 7.66. The average Bonchev–Trinajstić information content (AvgIpc) is 3.16. The van der Waals surface area contributed by atoms with Crippen LogP contribution < -0.4 is 5.32 Å². The van der Waals surface area contributed by atoms with Gasteiger partial charge >= 0.3 is 5.97 Å². The fourth-order valence-corrected chi connectivity index (χ4v) is 4.95. The molecular formula is C28H39NO4. The van der Waals surface area contributed by atoms with E-state index in [4.69, 9.17) is 9.84 Å². The van der Waals surface area contributed by atoms with Crippen LogP contribution in [0.25, 0.3) is 0 Å². The van der Waals surface area contributed by atoms with Crippen molar-refractivity contribution in [2.24, 2.45) is 5.92 Å². The van der Waals surface area contributed by atoms with Crippen molar-refractivity contribution >= 4 is 5.97 Å². The van der Waals surface area contributed by atoms with Crippen molar-refractivity contribution in [2.45, 2.75) is 77.5 Å². The Balaban J connectivity index is 1.46. The van der Waals surface area contributed by atoms with E-state index in [2.05, 4.69) is 49.5 Å². The van der Waals surface area contributed by atoms with Crippen molar-refractivity contribution in [3.05, 3.63) is 70.3 Å². The minimum Gasteiger partial charge on any atom is -0.481 e. The van der Waals surface area contributed by atoms with Crippen LogP contribution in [-0.4, -0.2) is 41.0 Å². The summed E-state index contributed by atoms with van der Waals surface area (Å²) in [6, 6.07) is 14.7. The zero-order valence-electron chi connectivity index (χ0n) is 20.4. The van der Waals surface area contributed by atoms with Crippen molar-refractivity contribution in [1.29, 1.82) is 0 Å². The minimum atomic E-state index is -0.805. The molecule has 2 aromatic carbocycles. The van der Waals surface area contributed by atoms with Gasteiger partial charge in [-0.3, -0.25) is 4.79 Å². The van der Waals surface area contributed by atoms with E-state index < -0.39 is 12.1 Å². The maximum Gasteiger partial charge on any atom is 0.303 e. The maximum absolute atomic E-state index is 11.0. The van der Waals surface area contributed by atoms with Crippen molar-refractivity contribution in [3.8, 4) is 0 Å². The molecule has 5 nitrogen and oxygen atoms in total. The molecule has 33 heavy (non-hydrogen) atoms. The standard InChI is InChI=1S/C28H39NO4/c1-19-9-10-22(11-12-27(31)32)26(13-19)20(2)33-18-25(30)17-29-28(3,4)16-21-14-23-7-5-6-8-24(23)15-21/h5-10,13,20-21,25,29-30H,11-12,14-18H2,1-4H3,(H,31,32)/t20?,25-/m1/s1. The summed E-state index contributed by atoms with van der Waals surface area (Å²) < 4.78 is 6.00. The van der Waals surface area contributed by atoms with E-state index in [9.17, 15) is 9.90 Å². The molecule has 0 heterocycles. The molecule has 0 bridgehead atoms. The van der Waals surface area contributed by atoms with Gasteiger partial charge in [-0.05, 0) is 81.5 Å². The molecule has 0 saturated heterocycles. The molecular weight excluding hydrogens is 414 g/mol. The Morgan fingerprint density at radius 3 is 2.48 bits per heavy atom. The van der Waals surface area contributed by atoms with Crippen molar-refractivity contribution in [2.75, 3.05) is 13.2 Å². The van der Waals surface area contributed by atoms with Crippen LogP contribution in [0.4, 0.5) is 0 Å². The molecule has 3 rings (SSSR count). The highest BCUT2D eigenvalue weighted by atomic mass is 16.5. The average molecular weight is 454 g/mol. The number of rotatable bonds is 12. The van der Waals surface area contributed by atoms with E-state index in [1.807, 2.05) is 26.0 Å². The van der Waals surface area contributed by atoms with E-state index >= 15 is 0 Å². The topological polar surface area (TPSA) is 78.8 Å². The summed E-state index contributed by atoms with van der Waals surface area (Å²) in [4.78, 5) is 11.0. The van der Waals surface area contributed by atoms with E-state index in [1.165, 1.54) is 11.1 Å². The zero-order valence-corrected chi connectivity index (χ0v) is 20.4. The van der Waals surface area contributed by atoms with Crippen LogP contribution in [0.5, 0.6) is 0 Å². The predicted molar refractivity (Wildman–Crippen MR) is 132 cm³/mol. The lowest BCUT2D eigenvalue weighted by atomic mass is 9.88. The number of aliphatic carboxylic acids is 1. The summed E-state index contributed by atoms with van der Waals surface area (Å²) in [6.07, 6.45) is 3.06. The van der Waals surface area contributed by atoms with Gasteiger partial charge in [0.25, 0.3) is 0 Å². The molecule has 1 unspecified atom stereocenters. The highest BCUT2D eigenvalue weighted by molar-refractivity contribution is 5.67. The molecule has 0 saturated carbocycles. The van der Waals surface area contributed by atoms with Crippen LogP contribution in [0, 0.1) is 12.8 Å². The van der Waals surface area contributed by atoms with E-state index in [1.54, 1.807) is 0 Å². The van der Waals surface area contributed by atoms with Crippen LogP contribution in [0.2, 0.25) is 0 Å². The van der Waals surface area contributed by atoms with Crippen LogP contribution in [-0.2, 0) is 28.8 Å². The Morgan fingerprint density at radius 1 is 1.18 bits per heavy atom. The van der Waals surface area contributed by atoms with Gasteiger partial charge in [0.15, 0.2) is 0 Å². The van der Waals surface area contributed by atoms with Crippen LogP contribution in [0.3, 0.4) is 0 Å².